The van der Waals surface area contributed by atoms with E-state index in [0.717, 1.165) is 11.0 Å². The number of para-hydroxylation sites is 2. The molecule has 0 aliphatic carbocycles. The van der Waals surface area contributed by atoms with Crippen LogP contribution in [0.4, 0.5) is 5.69 Å². The molecular weight excluding hydrogens is 298 g/mol. The molecule has 0 unspecified atom stereocenters. The van der Waals surface area contributed by atoms with E-state index >= 15 is 0 Å². The van der Waals surface area contributed by atoms with Gasteiger partial charge in [-0.1, -0.05) is 23.7 Å². The number of fused-ring (bicyclic) bond motifs is 1. The van der Waals surface area contributed by atoms with Crippen molar-refractivity contribution in [2.45, 2.75) is 10.1 Å². The Balaban J connectivity index is 2.01. The van der Waals surface area contributed by atoms with Crippen molar-refractivity contribution in [3.05, 3.63) is 57.6 Å². The first-order chi connectivity index (χ1) is 9.63. The third kappa shape index (κ3) is 2.48. The molecule has 1 aromatic heterocycles. The van der Waals surface area contributed by atoms with Crippen molar-refractivity contribution in [3.8, 4) is 0 Å². The number of H-pyrrole nitrogens is 1. The maximum atomic E-state index is 11.0. The largest absolute Gasteiger partial charge is 0.333 e. The number of nitro benzene ring substituents is 1. The number of halogens is 1. The number of hydrogen-bond acceptors (Lipinski definition) is 4. The van der Waals surface area contributed by atoms with Crippen molar-refractivity contribution < 1.29 is 4.92 Å². The van der Waals surface area contributed by atoms with Crippen molar-refractivity contribution in [1.82, 2.24) is 9.97 Å². The first-order valence-electron chi connectivity index (χ1n) is 5.70. The highest BCUT2D eigenvalue weighted by atomic mass is 35.5. The van der Waals surface area contributed by atoms with Crippen molar-refractivity contribution >= 4 is 40.1 Å². The van der Waals surface area contributed by atoms with E-state index in [2.05, 4.69) is 9.97 Å². The Morgan fingerprint density at radius 3 is 2.80 bits per heavy atom. The molecule has 0 amide bonds. The molecule has 1 N–H and O–H groups in total. The minimum absolute atomic E-state index is 0.0138. The van der Waals surface area contributed by atoms with E-state index in [1.165, 1.54) is 23.9 Å². The van der Waals surface area contributed by atoms with Crippen molar-refractivity contribution in [2.24, 2.45) is 0 Å². The number of rotatable bonds is 3. The summed E-state index contributed by atoms with van der Waals surface area (Å²) in [5.74, 6) is 0. The monoisotopic (exact) mass is 305 g/mol. The van der Waals surface area contributed by atoms with Crippen molar-refractivity contribution in [2.75, 3.05) is 0 Å². The Kier molecular flexibility index (Phi) is 3.33. The summed E-state index contributed by atoms with van der Waals surface area (Å²) in [6.07, 6.45) is 0. The number of hydrogen-bond donors (Lipinski definition) is 1. The van der Waals surface area contributed by atoms with Gasteiger partial charge in [-0.3, -0.25) is 10.1 Å². The molecule has 100 valence electrons. The van der Waals surface area contributed by atoms with Gasteiger partial charge in [-0.25, -0.2) is 4.98 Å². The maximum Gasteiger partial charge on any atom is 0.283 e. The number of nitro groups is 1. The van der Waals surface area contributed by atoms with Gasteiger partial charge < -0.3 is 4.98 Å². The van der Waals surface area contributed by atoms with Gasteiger partial charge in [0.05, 0.1) is 20.9 Å². The molecule has 20 heavy (non-hydrogen) atoms. The molecule has 5 nitrogen and oxygen atoms in total. The second-order valence-corrected chi connectivity index (χ2v) is 5.50. The van der Waals surface area contributed by atoms with Gasteiger partial charge >= 0.3 is 0 Å². The first-order valence-corrected chi connectivity index (χ1v) is 6.89. The fourth-order valence-corrected chi connectivity index (χ4v) is 2.99. The number of benzene rings is 2. The highest BCUT2D eigenvalue weighted by Crippen LogP contribution is 2.35. The Morgan fingerprint density at radius 2 is 2.05 bits per heavy atom. The lowest BCUT2D eigenvalue weighted by Crippen LogP contribution is -1.90. The van der Waals surface area contributed by atoms with Crippen LogP contribution in [0, 0.1) is 10.1 Å². The minimum atomic E-state index is -0.429. The zero-order valence-electron chi connectivity index (χ0n) is 10.0. The lowest BCUT2D eigenvalue weighted by atomic mass is 10.3. The van der Waals surface area contributed by atoms with Gasteiger partial charge in [-0.2, -0.15) is 0 Å². The smallest absolute Gasteiger partial charge is 0.283 e. The number of nitrogens with one attached hydrogen (secondary N) is 1. The average Bonchev–Trinajstić information content (AvgIpc) is 2.80. The Labute approximate surface area is 123 Å². The molecule has 2 aromatic carbocycles. The Bertz CT molecular complexity index is 770. The summed E-state index contributed by atoms with van der Waals surface area (Å²) < 4.78 is 0. The predicted octanol–water partition coefficient (Wildman–Crippen LogP) is 4.28. The van der Waals surface area contributed by atoms with Gasteiger partial charge in [-0.15, -0.1) is 0 Å². The average molecular weight is 306 g/mol. The number of aromatic amines is 1. The van der Waals surface area contributed by atoms with Crippen LogP contribution in [0.1, 0.15) is 0 Å². The second-order valence-electron chi connectivity index (χ2n) is 4.03. The molecule has 3 aromatic rings. The summed E-state index contributed by atoms with van der Waals surface area (Å²) >= 11 is 7.09. The molecule has 3 rings (SSSR count). The molecule has 0 spiro atoms. The second kappa shape index (κ2) is 5.15. The van der Waals surface area contributed by atoms with E-state index in [-0.39, 0.29) is 5.69 Å². The molecule has 0 saturated heterocycles. The molecule has 0 aliphatic rings. The topological polar surface area (TPSA) is 71.8 Å². The quantitative estimate of drug-likeness (QED) is 0.579. The standard InChI is InChI=1S/C13H8ClN3O2S/c14-8-5-6-11(17(18)19)12(7-8)20-13-15-9-3-1-2-4-10(9)16-13/h1-7H,(H,15,16). The zero-order valence-corrected chi connectivity index (χ0v) is 11.6. The van der Waals surface area contributed by atoms with Crippen LogP contribution in [0.5, 0.6) is 0 Å². The van der Waals surface area contributed by atoms with Crippen LogP contribution in [0.15, 0.2) is 52.5 Å². The highest BCUT2D eigenvalue weighted by Gasteiger charge is 2.16. The number of nitrogens with zero attached hydrogens (tertiary/aromatic N) is 2. The normalized spacial score (nSPS) is 10.8. The van der Waals surface area contributed by atoms with Crippen LogP contribution in [0.3, 0.4) is 0 Å². The third-order valence-corrected chi connectivity index (χ3v) is 3.86. The van der Waals surface area contributed by atoms with E-state index in [1.54, 1.807) is 6.07 Å². The molecule has 0 atom stereocenters. The molecule has 1 heterocycles. The summed E-state index contributed by atoms with van der Waals surface area (Å²) in [4.78, 5) is 18.5. The predicted molar refractivity (Wildman–Crippen MR) is 78.3 cm³/mol. The lowest BCUT2D eigenvalue weighted by Gasteiger charge is -2.00. The fourth-order valence-electron chi connectivity index (χ4n) is 1.80. The van der Waals surface area contributed by atoms with Crippen LogP contribution in [-0.4, -0.2) is 14.9 Å². The van der Waals surface area contributed by atoms with Crippen LogP contribution >= 0.6 is 23.4 Å². The maximum absolute atomic E-state index is 11.0. The number of imidazole rings is 1. The van der Waals surface area contributed by atoms with Crippen LogP contribution < -0.4 is 0 Å². The molecule has 0 radical (unpaired) electrons. The van der Waals surface area contributed by atoms with Gasteiger partial charge in [0.2, 0.25) is 0 Å². The molecule has 0 bridgehead atoms. The summed E-state index contributed by atoms with van der Waals surface area (Å²) in [5, 5.41) is 12.1. The van der Waals surface area contributed by atoms with E-state index in [0.29, 0.717) is 15.1 Å². The van der Waals surface area contributed by atoms with E-state index < -0.39 is 4.92 Å². The number of aromatic nitrogens is 2. The van der Waals surface area contributed by atoms with Gasteiger partial charge in [-0.05, 0) is 36.0 Å². The third-order valence-electron chi connectivity index (χ3n) is 2.69. The molecule has 0 aliphatic heterocycles. The molecule has 0 saturated carbocycles. The summed E-state index contributed by atoms with van der Waals surface area (Å²) in [7, 11) is 0. The van der Waals surface area contributed by atoms with Crippen LogP contribution in [0.25, 0.3) is 11.0 Å². The summed E-state index contributed by atoms with van der Waals surface area (Å²) in [6, 6.07) is 12.0. The van der Waals surface area contributed by atoms with E-state index in [1.807, 2.05) is 24.3 Å². The van der Waals surface area contributed by atoms with E-state index in [4.69, 9.17) is 11.6 Å². The highest BCUT2D eigenvalue weighted by molar-refractivity contribution is 7.99. The molecular formula is C13H8ClN3O2S. The minimum Gasteiger partial charge on any atom is -0.333 e. The van der Waals surface area contributed by atoms with E-state index in [9.17, 15) is 10.1 Å². The van der Waals surface area contributed by atoms with Crippen molar-refractivity contribution in [1.29, 1.82) is 0 Å². The zero-order chi connectivity index (χ0) is 14.1. The summed E-state index contributed by atoms with van der Waals surface area (Å²) in [5.41, 5.74) is 1.72. The lowest BCUT2D eigenvalue weighted by molar-refractivity contribution is -0.387. The SMILES string of the molecule is O=[N+]([O-])c1ccc(Cl)cc1Sc1nc2ccccc2[nH]1. The van der Waals surface area contributed by atoms with Gasteiger partial charge in [0.1, 0.15) is 0 Å². The Hall–Kier alpha value is -2.05. The first kappa shape index (κ1) is 13.0. The van der Waals surface area contributed by atoms with Crippen LogP contribution in [0.2, 0.25) is 5.02 Å². The van der Waals surface area contributed by atoms with Gasteiger partial charge in [0, 0.05) is 11.1 Å². The summed E-state index contributed by atoms with van der Waals surface area (Å²) in [6.45, 7) is 0. The van der Waals surface area contributed by atoms with Gasteiger partial charge in [0.15, 0.2) is 5.16 Å². The Morgan fingerprint density at radius 1 is 1.25 bits per heavy atom. The van der Waals surface area contributed by atoms with Gasteiger partial charge in [0.25, 0.3) is 5.69 Å². The van der Waals surface area contributed by atoms with Crippen LogP contribution in [-0.2, 0) is 0 Å². The fraction of sp³-hybridized carbons (Fsp3) is 0. The molecule has 0 fully saturated rings. The van der Waals surface area contributed by atoms with Crippen molar-refractivity contribution in [3.63, 3.8) is 0 Å². The molecule has 7 heteroatoms.